The molecule has 0 spiro atoms. The van der Waals surface area contributed by atoms with E-state index in [0.717, 1.165) is 0 Å². The highest BCUT2D eigenvalue weighted by molar-refractivity contribution is 6.08. The standard InChI is InChI=1S/C19H17F2NO3/c1-19(2)22-15(11-16(23)12-6-4-3-5-7-12)14-9-8-13(24-18(20)21)10-17(14)25-19/h3-11,18,22H,1-2H3/b15-11-. The van der Waals surface area contributed by atoms with Crippen molar-refractivity contribution in [3.63, 3.8) is 0 Å². The highest BCUT2D eigenvalue weighted by Gasteiger charge is 2.30. The smallest absolute Gasteiger partial charge is 0.387 e. The molecule has 0 saturated carbocycles. The molecule has 0 saturated heterocycles. The number of carbonyl (C=O) groups is 1. The first-order valence-corrected chi connectivity index (χ1v) is 7.71. The van der Waals surface area contributed by atoms with E-state index >= 15 is 0 Å². The van der Waals surface area contributed by atoms with E-state index in [4.69, 9.17) is 4.74 Å². The Balaban J connectivity index is 1.99. The Morgan fingerprint density at radius 1 is 1.20 bits per heavy atom. The molecule has 1 heterocycles. The predicted octanol–water partition coefficient (Wildman–Crippen LogP) is 4.23. The maximum absolute atomic E-state index is 12.5. The zero-order chi connectivity index (χ0) is 18.0. The van der Waals surface area contributed by atoms with Crippen LogP contribution >= 0.6 is 0 Å². The van der Waals surface area contributed by atoms with Gasteiger partial charge in [0.05, 0.1) is 5.70 Å². The second-order valence-corrected chi connectivity index (χ2v) is 6.06. The third-order valence-corrected chi connectivity index (χ3v) is 3.60. The van der Waals surface area contributed by atoms with Gasteiger partial charge in [-0.25, -0.2) is 0 Å². The Kier molecular flexibility index (Phi) is 4.44. The van der Waals surface area contributed by atoms with Gasteiger partial charge in [-0.05, 0) is 26.0 Å². The molecular weight excluding hydrogens is 328 g/mol. The first-order valence-electron chi connectivity index (χ1n) is 7.71. The molecule has 2 aromatic rings. The van der Waals surface area contributed by atoms with E-state index in [1.165, 1.54) is 18.2 Å². The van der Waals surface area contributed by atoms with Crippen LogP contribution < -0.4 is 14.8 Å². The number of benzene rings is 2. The quantitative estimate of drug-likeness (QED) is 0.665. The Labute approximate surface area is 144 Å². The first kappa shape index (κ1) is 17.0. The van der Waals surface area contributed by atoms with Crippen LogP contribution in [0.15, 0.2) is 54.6 Å². The van der Waals surface area contributed by atoms with Crippen molar-refractivity contribution >= 4 is 11.5 Å². The molecule has 0 fully saturated rings. The van der Waals surface area contributed by atoms with Crippen LogP contribution in [0.5, 0.6) is 11.5 Å². The summed E-state index contributed by atoms with van der Waals surface area (Å²) in [5.41, 5.74) is 0.911. The van der Waals surface area contributed by atoms with Crippen molar-refractivity contribution in [2.45, 2.75) is 26.2 Å². The molecule has 0 aliphatic carbocycles. The van der Waals surface area contributed by atoms with E-state index < -0.39 is 12.3 Å². The second-order valence-electron chi connectivity index (χ2n) is 6.06. The number of ketones is 1. The minimum absolute atomic E-state index is 0.000172. The molecule has 3 rings (SSSR count). The normalized spacial score (nSPS) is 16.8. The highest BCUT2D eigenvalue weighted by Crippen LogP contribution is 2.36. The summed E-state index contributed by atoms with van der Waals surface area (Å²) >= 11 is 0. The molecular formula is C19H17F2NO3. The largest absolute Gasteiger partial charge is 0.468 e. The third kappa shape index (κ3) is 3.96. The minimum Gasteiger partial charge on any atom is -0.468 e. The van der Waals surface area contributed by atoms with E-state index in [2.05, 4.69) is 10.1 Å². The molecule has 6 heteroatoms. The van der Waals surface area contributed by atoms with Crippen LogP contribution in [0.3, 0.4) is 0 Å². The van der Waals surface area contributed by atoms with Crippen LogP contribution in [0.1, 0.15) is 29.8 Å². The summed E-state index contributed by atoms with van der Waals surface area (Å²) in [5.74, 6) is 0.203. The third-order valence-electron chi connectivity index (χ3n) is 3.60. The fourth-order valence-electron chi connectivity index (χ4n) is 2.61. The summed E-state index contributed by atoms with van der Waals surface area (Å²) in [6.45, 7) is 0.636. The van der Waals surface area contributed by atoms with Crippen molar-refractivity contribution in [3.8, 4) is 11.5 Å². The minimum atomic E-state index is -2.91. The van der Waals surface area contributed by atoms with Crippen molar-refractivity contribution in [2.75, 3.05) is 0 Å². The summed E-state index contributed by atoms with van der Waals surface area (Å²) in [7, 11) is 0. The zero-order valence-electron chi connectivity index (χ0n) is 13.8. The number of nitrogens with one attached hydrogen (secondary N) is 1. The average molecular weight is 345 g/mol. The molecule has 1 aliphatic rings. The topological polar surface area (TPSA) is 47.6 Å². The fraction of sp³-hybridized carbons (Fsp3) is 0.211. The maximum atomic E-state index is 12.5. The Morgan fingerprint density at radius 2 is 1.92 bits per heavy atom. The number of hydrogen-bond acceptors (Lipinski definition) is 4. The van der Waals surface area contributed by atoms with Gasteiger partial charge in [0.15, 0.2) is 11.5 Å². The summed E-state index contributed by atoms with van der Waals surface area (Å²) in [6, 6.07) is 13.2. The van der Waals surface area contributed by atoms with Gasteiger partial charge in [0.1, 0.15) is 11.5 Å². The van der Waals surface area contributed by atoms with Crippen molar-refractivity contribution < 1.29 is 23.0 Å². The number of carbonyl (C=O) groups excluding carboxylic acids is 1. The summed E-state index contributed by atoms with van der Waals surface area (Å²) in [5, 5.41) is 3.14. The van der Waals surface area contributed by atoms with Crippen molar-refractivity contribution in [1.29, 1.82) is 0 Å². The molecule has 0 aromatic heterocycles. The molecule has 130 valence electrons. The van der Waals surface area contributed by atoms with Crippen LogP contribution in [0, 0.1) is 0 Å². The molecule has 1 aliphatic heterocycles. The van der Waals surface area contributed by atoms with Gasteiger partial charge >= 0.3 is 6.61 Å². The molecule has 0 bridgehead atoms. The SMILES string of the molecule is CC1(C)N/C(=C\C(=O)c2ccccc2)c2ccc(OC(F)F)cc2O1. The van der Waals surface area contributed by atoms with E-state index in [-0.39, 0.29) is 11.5 Å². The van der Waals surface area contributed by atoms with E-state index in [1.807, 2.05) is 6.07 Å². The lowest BCUT2D eigenvalue weighted by Crippen LogP contribution is -2.46. The first-order chi connectivity index (χ1) is 11.8. The molecule has 0 radical (unpaired) electrons. The van der Waals surface area contributed by atoms with Crippen LogP contribution in [0.25, 0.3) is 5.70 Å². The molecule has 0 atom stereocenters. The average Bonchev–Trinajstić information content (AvgIpc) is 2.53. The van der Waals surface area contributed by atoms with Crippen molar-refractivity contribution in [1.82, 2.24) is 5.32 Å². The summed E-state index contributed by atoms with van der Waals surface area (Å²) in [4.78, 5) is 12.5. The number of ether oxygens (including phenoxy) is 2. The Hall–Kier alpha value is -2.89. The lowest BCUT2D eigenvalue weighted by atomic mass is 10.0. The molecule has 4 nitrogen and oxygen atoms in total. The van der Waals surface area contributed by atoms with Crippen LogP contribution in [-0.4, -0.2) is 18.1 Å². The van der Waals surface area contributed by atoms with Crippen LogP contribution in [-0.2, 0) is 0 Å². The van der Waals surface area contributed by atoms with Gasteiger partial charge in [-0.1, -0.05) is 30.3 Å². The van der Waals surface area contributed by atoms with Crippen LogP contribution in [0.2, 0.25) is 0 Å². The number of halogens is 2. The maximum Gasteiger partial charge on any atom is 0.387 e. The lowest BCUT2D eigenvalue weighted by molar-refractivity contribution is -0.0501. The molecule has 25 heavy (non-hydrogen) atoms. The Morgan fingerprint density at radius 3 is 2.60 bits per heavy atom. The zero-order valence-corrected chi connectivity index (χ0v) is 13.8. The Bertz CT molecular complexity index is 817. The fourth-order valence-corrected chi connectivity index (χ4v) is 2.61. The number of rotatable bonds is 4. The van der Waals surface area contributed by atoms with E-state index in [1.54, 1.807) is 44.2 Å². The van der Waals surface area contributed by atoms with Crippen molar-refractivity contribution in [3.05, 3.63) is 65.7 Å². The van der Waals surface area contributed by atoms with Gasteiger partial charge < -0.3 is 14.8 Å². The number of allylic oxidation sites excluding steroid dienone is 1. The van der Waals surface area contributed by atoms with E-state index in [0.29, 0.717) is 22.6 Å². The van der Waals surface area contributed by atoms with E-state index in [9.17, 15) is 13.6 Å². The predicted molar refractivity (Wildman–Crippen MR) is 89.7 cm³/mol. The van der Waals surface area contributed by atoms with Gasteiger partial charge in [-0.15, -0.1) is 0 Å². The van der Waals surface area contributed by atoms with Crippen LogP contribution in [0.4, 0.5) is 8.78 Å². The number of hydrogen-bond donors (Lipinski definition) is 1. The lowest BCUT2D eigenvalue weighted by Gasteiger charge is -2.36. The van der Waals surface area contributed by atoms with Gasteiger partial charge in [0, 0.05) is 23.3 Å². The highest BCUT2D eigenvalue weighted by atomic mass is 19.3. The molecule has 0 unspecified atom stereocenters. The molecule has 2 aromatic carbocycles. The monoisotopic (exact) mass is 345 g/mol. The number of alkyl halides is 2. The van der Waals surface area contributed by atoms with Gasteiger partial charge in [0.2, 0.25) is 0 Å². The molecule has 1 N–H and O–H groups in total. The van der Waals surface area contributed by atoms with Crippen molar-refractivity contribution in [2.24, 2.45) is 0 Å². The summed E-state index contributed by atoms with van der Waals surface area (Å²) in [6.07, 6.45) is 1.48. The second kappa shape index (κ2) is 6.55. The number of fused-ring (bicyclic) bond motifs is 1. The van der Waals surface area contributed by atoms with Gasteiger partial charge in [-0.3, -0.25) is 4.79 Å². The summed E-state index contributed by atoms with van der Waals surface area (Å²) < 4.78 is 35.0. The van der Waals surface area contributed by atoms with Gasteiger partial charge in [0.25, 0.3) is 0 Å². The van der Waals surface area contributed by atoms with Gasteiger partial charge in [-0.2, -0.15) is 8.78 Å². The molecule has 0 amide bonds.